The van der Waals surface area contributed by atoms with Crippen molar-refractivity contribution in [1.29, 1.82) is 0 Å². The minimum absolute atomic E-state index is 0.00839. The standard InChI is InChI=1S/C60H82N2O8/c1-9-17-21-41(13-5)37-67-47-29-45(30-48(33-47)68-38-42(14-6)22-18-10-2)35-61-57(63)51-25-27-53-56-54(28-26-52(55(51)56)58(61)64)60(66)62(59(53)65)36-46-31-49(69-39-43(15-7)23-19-11-3)34-50(32-46)70-40-44(16-8)24-20-12-4/h25-34,41-44H,9-24,35-40H2,1-8H3. The second kappa shape index (κ2) is 26.7. The molecule has 10 heteroatoms. The zero-order valence-corrected chi connectivity index (χ0v) is 43.8. The lowest BCUT2D eigenvalue weighted by Crippen LogP contribution is -2.42. The Balaban J connectivity index is 1.26. The molecule has 2 heterocycles. The molecule has 0 saturated carbocycles. The monoisotopic (exact) mass is 959 g/mol. The number of rotatable bonds is 32. The molecule has 4 unspecified atom stereocenters. The number of nitrogens with zero attached hydrogens (tertiary/aromatic N) is 2. The smallest absolute Gasteiger partial charge is 0.261 e. The molecule has 4 aromatic carbocycles. The molecular formula is C60H82N2O8. The highest BCUT2D eigenvalue weighted by atomic mass is 16.5. The summed E-state index contributed by atoms with van der Waals surface area (Å²) in [4.78, 5) is 60.6. The van der Waals surface area contributed by atoms with Crippen molar-refractivity contribution in [2.24, 2.45) is 23.7 Å². The molecule has 2 aliphatic heterocycles. The Kier molecular flexibility index (Phi) is 20.6. The van der Waals surface area contributed by atoms with Crippen molar-refractivity contribution in [2.45, 2.75) is 171 Å². The van der Waals surface area contributed by atoms with E-state index in [-0.39, 0.29) is 35.3 Å². The number of amides is 4. The highest BCUT2D eigenvalue weighted by Crippen LogP contribution is 2.40. The minimum Gasteiger partial charge on any atom is -0.493 e. The van der Waals surface area contributed by atoms with E-state index >= 15 is 0 Å². The van der Waals surface area contributed by atoms with E-state index in [0.29, 0.717) is 95.0 Å². The van der Waals surface area contributed by atoms with Gasteiger partial charge in [0.05, 0.1) is 39.5 Å². The van der Waals surface area contributed by atoms with E-state index in [1.807, 2.05) is 36.4 Å². The number of imide groups is 2. The van der Waals surface area contributed by atoms with Crippen molar-refractivity contribution in [3.63, 3.8) is 0 Å². The van der Waals surface area contributed by atoms with E-state index in [1.54, 1.807) is 24.3 Å². The van der Waals surface area contributed by atoms with Crippen molar-refractivity contribution in [3.8, 4) is 23.0 Å². The fourth-order valence-corrected chi connectivity index (χ4v) is 9.85. The first-order valence-electron chi connectivity index (χ1n) is 27.1. The molecule has 0 fully saturated rings. The van der Waals surface area contributed by atoms with E-state index in [2.05, 4.69) is 55.4 Å². The van der Waals surface area contributed by atoms with Crippen LogP contribution in [0.2, 0.25) is 0 Å². The molecule has 6 rings (SSSR count). The zero-order valence-electron chi connectivity index (χ0n) is 43.8. The maximum atomic E-state index is 14.5. The Hall–Kier alpha value is -5.38. The Morgan fingerprint density at radius 3 is 0.829 bits per heavy atom. The van der Waals surface area contributed by atoms with Gasteiger partial charge in [0.2, 0.25) is 0 Å². The molecule has 380 valence electrons. The summed E-state index contributed by atoms with van der Waals surface area (Å²) in [5.41, 5.74) is 2.51. The van der Waals surface area contributed by atoms with Gasteiger partial charge in [0, 0.05) is 45.2 Å². The lowest BCUT2D eigenvalue weighted by atomic mass is 9.85. The van der Waals surface area contributed by atoms with Gasteiger partial charge < -0.3 is 18.9 Å². The average Bonchev–Trinajstić information content (AvgIpc) is 3.37. The predicted octanol–water partition coefficient (Wildman–Crippen LogP) is 14.8. The van der Waals surface area contributed by atoms with Crippen molar-refractivity contribution in [2.75, 3.05) is 26.4 Å². The zero-order chi connectivity index (χ0) is 50.2. The third-order valence-corrected chi connectivity index (χ3v) is 14.7. The lowest BCUT2D eigenvalue weighted by Gasteiger charge is -2.32. The van der Waals surface area contributed by atoms with Crippen LogP contribution in [0.4, 0.5) is 0 Å². The molecular weight excluding hydrogens is 877 g/mol. The number of benzene rings is 4. The van der Waals surface area contributed by atoms with Gasteiger partial charge in [0.15, 0.2) is 0 Å². The molecule has 0 aliphatic carbocycles. The highest BCUT2D eigenvalue weighted by molar-refractivity contribution is 6.33. The third-order valence-electron chi connectivity index (χ3n) is 14.7. The van der Waals surface area contributed by atoms with Crippen LogP contribution in [-0.4, -0.2) is 59.9 Å². The molecule has 0 spiro atoms. The lowest BCUT2D eigenvalue weighted by molar-refractivity contribution is 0.0576. The number of hydrogen-bond donors (Lipinski definition) is 0. The summed E-state index contributed by atoms with van der Waals surface area (Å²) in [6, 6.07) is 17.9. The number of carbonyl (C=O) groups is 4. The minimum atomic E-state index is -0.488. The SMILES string of the molecule is CCCCC(CC)COc1cc(CN2C(=O)c3ccc4c5c(ccc(c35)C2=O)C(=O)N(Cc2cc(OCC(CC)CCCC)cc(OCC(CC)CCCC)c2)C4=O)cc(OCC(CC)CCCC)c1. The molecule has 10 nitrogen and oxygen atoms in total. The van der Waals surface area contributed by atoms with E-state index in [1.165, 1.54) is 9.80 Å². The quantitative estimate of drug-likeness (QED) is 0.0445. The molecule has 70 heavy (non-hydrogen) atoms. The van der Waals surface area contributed by atoms with E-state index in [4.69, 9.17) is 18.9 Å². The van der Waals surface area contributed by atoms with Gasteiger partial charge in [-0.25, -0.2) is 0 Å². The van der Waals surface area contributed by atoms with Gasteiger partial charge in [-0.1, -0.05) is 132 Å². The molecule has 0 bridgehead atoms. The summed E-state index contributed by atoms with van der Waals surface area (Å²) >= 11 is 0. The van der Waals surface area contributed by atoms with Crippen LogP contribution < -0.4 is 18.9 Å². The van der Waals surface area contributed by atoms with Crippen LogP contribution in [0.3, 0.4) is 0 Å². The van der Waals surface area contributed by atoms with Gasteiger partial charge >= 0.3 is 0 Å². The Morgan fingerprint density at radius 1 is 0.371 bits per heavy atom. The highest BCUT2D eigenvalue weighted by Gasteiger charge is 2.40. The van der Waals surface area contributed by atoms with E-state index in [9.17, 15) is 19.2 Å². The fraction of sp³-hybridized carbons (Fsp3) is 0.567. The maximum Gasteiger partial charge on any atom is 0.261 e. The van der Waals surface area contributed by atoms with Crippen LogP contribution in [0, 0.1) is 23.7 Å². The fourth-order valence-electron chi connectivity index (χ4n) is 9.85. The molecule has 4 aromatic rings. The number of ether oxygens (including phenoxy) is 4. The molecule has 0 radical (unpaired) electrons. The Labute approximate surface area is 419 Å². The molecule has 0 aromatic heterocycles. The summed E-state index contributed by atoms with van der Waals surface area (Å²) in [5, 5.41) is 0.680. The molecule has 4 atom stereocenters. The first kappa shape index (κ1) is 54.0. The van der Waals surface area contributed by atoms with Crippen LogP contribution in [0.1, 0.15) is 211 Å². The molecule has 2 aliphatic rings. The molecule has 4 amide bonds. The van der Waals surface area contributed by atoms with Gasteiger partial charge in [-0.05, 0) is 109 Å². The molecule has 0 N–H and O–H groups in total. The second-order valence-electron chi connectivity index (χ2n) is 20.0. The van der Waals surface area contributed by atoms with Gasteiger partial charge in [-0.2, -0.15) is 0 Å². The topological polar surface area (TPSA) is 112 Å². The van der Waals surface area contributed by atoms with Crippen molar-refractivity contribution in [3.05, 3.63) is 94.0 Å². The van der Waals surface area contributed by atoms with Crippen molar-refractivity contribution >= 4 is 34.4 Å². The Morgan fingerprint density at radius 2 is 0.614 bits per heavy atom. The van der Waals surface area contributed by atoms with Gasteiger partial charge in [0.25, 0.3) is 23.6 Å². The van der Waals surface area contributed by atoms with Crippen molar-refractivity contribution in [1.82, 2.24) is 9.80 Å². The summed E-state index contributed by atoms with van der Waals surface area (Å²) in [6.45, 7) is 19.8. The van der Waals surface area contributed by atoms with E-state index in [0.717, 1.165) is 103 Å². The molecule has 0 saturated heterocycles. The largest absolute Gasteiger partial charge is 0.493 e. The van der Waals surface area contributed by atoms with Crippen LogP contribution in [0.5, 0.6) is 23.0 Å². The normalized spacial score (nSPS) is 15.1. The maximum absolute atomic E-state index is 14.5. The van der Waals surface area contributed by atoms with Gasteiger partial charge in [0.1, 0.15) is 23.0 Å². The van der Waals surface area contributed by atoms with Crippen LogP contribution in [0.15, 0.2) is 60.7 Å². The number of unbranched alkanes of at least 4 members (excludes halogenated alkanes) is 4. The average molecular weight is 959 g/mol. The van der Waals surface area contributed by atoms with Crippen molar-refractivity contribution < 1.29 is 38.1 Å². The van der Waals surface area contributed by atoms with Gasteiger partial charge in [-0.15, -0.1) is 0 Å². The first-order valence-corrected chi connectivity index (χ1v) is 27.1. The van der Waals surface area contributed by atoms with Crippen LogP contribution in [-0.2, 0) is 13.1 Å². The summed E-state index contributed by atoms with van der Waals surface area (Å²) < 4.78 is 25.7. The number of carbonyl (C=O) groups excluding carboxylic acids is 4. The van der Waals surface area contributed by atoms with Crippen LogP contribution in [0.25, 0.3) is 10.8 Å². The summed E-state index contributed by atoms with van der Waals surface area (Å²) in [6.07, 6.45) is 17.5. The number of hydrogen-bond acceptors (Lipinski definition) is 8. The van der Waals surface area contributed by atoms with Gasteiger partial charge in [-0.3, -0.25) is 29.0 Å². The first-order chi connectivity index (χ1) is 34.0. The van der Waals surface area contributed by atoms with Crippen LogP contribution >= 0.6 is 0 Å². The summed E-state index contributed by atoms with van der Waals surface area (Å²) in [5.74, 6) is 2.28. The Bertz CT molecular complexity index is 2080. The predicted molar refractivity (Wildman–Crippen MR) is 280 cm³/mol. The second-order valence-corrected chi connectivity index (χ2v) is 20.0. The third kappa shape index (κ3) is 13.5. The summed E-state index contributed by atoms with van der Waals surface area (Å²) in [7, 11) is 0. The van der Waals surface area contributed by atoms with E-state index < -0.39 is 23.6 Å².